The van der Waals surface area contributed by atoms with Crippen molar-refractivity contribution in [2.75, 3.05) is 30.4 Å². The molecule has 1 N–H and O–H groups in total. The van der Waals surface area contributed by atoms with Gasteiger partial charge in [-0.05, 0) is 25.5 Å². The Morgan fingerprint density at radius 3 is 3.05 bits per heavy atom. The first-order chi connectivity index (χ1) is 10.7. The average Bonchev–Trinajstić information content (AvgIpc) is 2.89. The Balaban J connectivity index is 1.67. The minimum atomic E-state index is -0.0412. The number of fused-ring (bicyclic) bond motifs is 1. The number of carbonyl (C=O) groups is 1. The number of ether oxygens (including phenoxy) is 1. The van der Waals surface area contributed by atoms with Crippen molar-refractivity contribution < 1.29 is 9.53 Å². The highest BCUT2D eigenvalue weighted by Gasteiger charge is 2.20. The minimum absolute atomic E-state index is 0.0412. The molecule has 2 aromatic rings. The van der Waals surface area contributed by atoms with Crippen LogP contribution in [0.4, 0.5) is 11.5 Å². The summed E-state index contributed by atoms with van der Waals surface area (Å²) in [5, 5.41) is 7.35. The van der Waals surface area contributed by atoms with Crippen LogP contribution in [0, 0.1) is 6.92 Å². The second-order valence-corrected chi connectivity index (χ2v) is 5.42. The Bertz CT molecular complexity index is 681. The van der Waals surface area contributed by atoms with Gasteiger partial charge in [-0.25, -0.2) is 4.68 Å². The first-order valence-corrected chi connectivity index (χ1v) is 7.39. The van der Waals surface area contributed by atoms with Crippen molar-refractivity contribution in [3.8, 4) is 5.75 Å². The zero-order chi connectivity index (χ0) is 15.5. The molecule has 0 saturated carbocycles. The Hall–Kier alpha value is -2.50. The number of methoxy groups -OCH3 is 1. The number of hydrogen-bond donors (Lipinski definition) is 1. The summed E-state index contributed by atoms with van der Waals surface area (Å²) in [6, 6.07) is 9.39. The largest absolute Gasteiger partial charge is 0.497 e. The molecule has 1 amide bonds. The first kappa shape index (κ1) is 14.4. The fraction of sp³-hybridized carbons (Fsp3) is 0.375. The molecule has 2 heterocycles. The number of nitrogens with zero attached hydrogens (tertiary/aromatic N) is 3. The van der Waals surface area contributed by atoms with E-state index in [2.05, 4.69) is 15.3 Å². The number of benzene rings is 1. The zero-order valence-electron chi connectivity index (χ0n) is 12.9. The molecule has 0 fully saturated rings. The van der Waals surface area contributed by atoms with E-state index < -0.39 is 0 Å². The van der Waals surface area contributed by atoms with Gasteiger partial charge in [-0.15, -0.1) is 0 Å². The Morgan fingerprint density at radius 1 is 1.36 bits per heavy atom. The van der Waals surface area contributed by atoms with Gasteiger partial charge in [0.2, 0.25) is 5.91 Å². The van der Waals surface area contributed by atoms with Crippen LogP contribution in [-0.4, -0.2) is 35.9 Å². The highest BCUT2D eigenvalue weighted by molar-refractivity contribution is 5.94. The summed E-state index contributed by atoms with van der Waals surface area (Å²) in [5.74, 6) is 1.70. The van der Waals surface area contributed by atoms with Crippen LogP contribution in [0.15, 0.2) is 30.3 Å². The maximum atomic E-state index is 12.3. The van der Waals surface area contributed by atoms with E-state index in [0.29, 0.717) is 6.54 Å². The second-order valence-electron chi connectivity index (χ2n) is 5.42. The molecule has 1 aliphatic heterocycles. The first-order valence-electron chi connectivity index (χ1n) is 7.39. The summed E-state index contributed by atoms with van der Waals surface area (Å²) in [5.41, 5.74) is 1.72. The smallest absolute Gasteiger partial charge is 0.243 e. The fourth-order valence-corrected chi connectivity index (χ4v) is 2.71. The van der Waals surface area contributed by atoms with Gasteiger partial charge in [0.15, 0.2) is 0 Å². The van der Waals surface area contributed by atoms with Crippen LogP contribution >= 0.6 is 0 Å². The Kier molecular flexibility index (Phi) is 4.00. The van der Waals surface area contributed by atoms with Crippen LogP contribution in [0.1, 0.15) is 12.1 Å². The number of aromatic nitrogens is 2. The van der Waals surface area contributed by atoms with Crippen LogP contribution in [0.25, 0.3) is 0 Å². The maximum absolute atomic E-state index is 12.3. The normalized spacial score (nSPS) is 13.6. The van der Waals surface area contributed by atoms with E-state index in [1.54, 1.807) is 7.11 Å². The summed E-state index contributed by atoms with van der Waals surface area (Å²) >= 11 is 0. The van der Waals surface area contributed by atoms with Gasteiger partial charge < -0.3 is 15.0 Å². The minimum Gasteiger partial charge on any atom is -0.497 e. The number of rotatable bonds is 4. The predicted molar refractivity (Wildman–Crippen MR) is 85.4 cm³/mol. The molecule has 0 unspecified atom stereocenters. The van der Waals surface area contributed by atoms with Gasteiger partial charge in [0.25, 0.3) is 0 Å². The zero-order valence-corrected chi connectivity index (χ0v) is 12.9. The lowest BCUT2D eigenvalue weighted by Crippen LogP contribution is -2.38. The maximum Gasteiger partial charge on any atom is 0.243 e. The van der Waals surface area contributed by atoms with E-state index >= 15 is 0 Å². The second kappa shape index (κ2) is 6.09. The molecule has 6 heteroatoms. The van der Waals surface area contributed by atoms with E-state index in [-0.39, 0.29) is 5.91 Å². The third-order valence-electron chi connectivity index (χ3n) is 3.69. The summed E-state index contributed by atoms with van der Waals surface area (Å²) in [4.78, 5) is 14.3. The van der Waals surface area contributed by atoms with Crippen molar-refractivity contribution in [3.63, 3.8) is 0 Å². The molecule has 1 aliphatic rings. The molecule has 0 aliphatic carbocycles. The van der Waals surface area contributed by atoms with Crippen LogP contribution < -0.4 is 15.0 Å². The monoisotopic (exact) mass is 300 g/mol. The van der Waals surface area contributed by atoms with Crippen LogP contribution in [-0.2, 0) is 11.3 Å². The van der Waals surface area contributed by atoms with Crippen molar-refractivity contribution >= 4 is 17.4 Å². The van der Waals surface area contributed by atoms with Crippen molar-refractivity contribution in [2.45, 2.75) is 19.9 Å². The van der Waals surface area contributed by atoms with Gasteiger partial charge in [-0.2, -0.15) is 5.10 Å². The van der Waals surface area contributed by atoms with E-state index in [4.69, 9.17) is 4.74 Å². The van der Waals surface area contributed by atoms with Gasteiger partial charge >= 0.3 is 0 Å². The van der Waals surface area contributed by atoms with Crippen LogP contribution in [0.5, 0.6) is 5.75 Å². The number of hydrogen-bond acceptors (Lipinski definition) is 4. The quantitative estimate of drug-likeness (QED) is 0.939. The number of nitrogens with one attached hydrogen (secondary N) is 1. The topological polar surface area (TPSA) is 59.4 Å². The molecule has 0 radical (unpaired) electrons. The molecule has 0 spiro atoms. The lowest BCUT2D eigenvalue weighted by molar-refractivity contribution is -0.115. The van der Waals surface area contributed by atoms with Crippen molar-refractivity contribution in [3.05, 3.63) is 36.0 Å². The molecular formula is C16H20N4O2. The van der Waals surface area contributed by atoms with Crippen LogP contribution in [0.2, 0.25) is 0 Å². The predicted octanol–water partition coefficient (Wildman–Crippen LogP) is 2.05. The molecule has 116 valence electrons. The van der Waals surface area contributed by atoms with Crippen LogP contribution in [0.3, 0.4) is 0 Å². The molecule has 0 atom stereocenters. The summed E-state index contributed by atoms with van der Waals surface area (Å²) in [6.07, 6.45) is 1.00. The van der Waals surface area contributed by atoms with E-state index in [0.717, 1.165) is 42.5 Å². The third-order valence-corrected chi connectivity index (χ3v) is 3.69. The number of carbonyl (C=O) groups excluding carboxylic acids is 1. The Labute approximate surface area is 129 Å². The third kappa shape index (κ3) is 3.05. The average molecular weight is 300 g/mol. The summed E-state index contributed by atoms with van der Waals surface area (Å²) < 4.78 is 7.13. The fourth-order valence-electron chi connectivity index (χ4n) is 2.71. The number of amides is 1. The van der Waals surface area contributed by atoms with Gasteiger partial charge in [-0.1, -0.05) is 6.07 Å². The van der Waals surface area contributed by atoms with Gasteiger partial charge in [-0.3, -0.25) is 4.79 Å². The van der Waals surface area contributed by atoms with Gasteiger partial charge in [0.1, 0.15) is 11.6 Å². The van der Waals surface area contributed by atoms with Crippen molar-refractivity contribution in [1.82, 2.24) is 9.78 Å². The molecule has 1 aromatic heterocycles. The van der Waals surface area contributed by atoms with E-state index in [1.165, 1.54) is 0 Å². The van der Waals surface area contributed by atoms with Crippen molar-refractivity contribution in [1.29, 1.82) is 0 Å². The molecule has 1 aromatic carbocycles. The highest BCUT2D eigenvalue weighted by atomic mass is 16.5. The molecule has 0 bridgehead atoms. The van der Waals surface area contributed by atoms with E-state index in [9.17, 15) is 4.79 Å². The molecule has 22 heavy (non-hydrogen) atoms. The molecular weight excluding hydrogens is 280 g/mol. The molecule has 6 nitrogen and oxygen atoms in total. The highest BCUT2D eigenvalue weighted by Crippen LogP contribution is 2.22. The van der Waals surface area contributed by atoms with Gasteiger partial charge in [0, 0.05) is 30.9 Å². The Morgan fingerprint density at radius 2 is 2.23 bits per heavy atom. The van der Waals surface area contributed by atoms with Gasteiger partial charge in [0.05, 0.1) is 19.3 Å². The lowest BCUT2D eigenvalue weighted by Gasteiger charge is -2.28. The lowest BCUT2D eigenvalue weighted by atomic mass is 10.2. The summed E-state index contributed by atoms with van der Waals surface area (Å²) in [6.45, 7) is 4.08. The number of aryl methyl sites for hydroxylation is 2. The molecule has 3 rings (SSSR count). The van der Waals surface area contributed by atoms with Crippen molar-refractivity contribution in [2.24, 2.45) is 0 Å². The standard InChI is InChI=1S/C16H20N4O2/c1-12-9-16-19(7-4-8-20(16)18-12)11-15(21)17-13-5-3-6-14(10-13)22-2/h3,5-6,9-10H,4,7-8,11H2,1-2H3,(H,17,21). The van der Waals surface area contributed by atoms with E-state index in [1.807, 2.05) is 41.9 Å². The molecule has 0 saturated heterocycles. The number of anilines is 2. The SMILES string of the molecule is COc1cccc(NC(=O)CN2CCCn3nc(C)cc32)c1. The summed E-state index contributed by atoms with van der Waals surface area (Å²) in [7, 11) is 1.61.